The summed E-state index contributed by atoms with van der Waals surface area (Å²) in [5.74, 6) is -0.202. The highest BCUT2D eigenvalue weighted by Crippen LogP contribution is 2.29. The van der Waals surface area contributed by atoms with Gasteiger partial charge in [0.05, 0.1) is 0 Å². The Bertz CT molecular complexity index is 814. The molecule has 0 atom stereocenters. The average Bonchev–Trinajstić information content (AvgIpc) is 2.60. The summed E-state index contributed by atoms with van der Waals surface area (Å²) in [6.07, 6.45) is 0. The van der Waals surface area contributed by atoms with E-state index in [2.05, 4.69) is 57.2 Å². The molecule has 3 rings (SSSR count). The van der Waals surface area contributed by atoms with Gasteiger partial charge in [-0.1, -0.05) is 62.4 Å². The lowest BCUT2D eigenvalue weighted by Crippen LogP contribution is -1.88. The lowest BCUT2D eigenvalue weighted by Gasteiger charge is -2.11. The van der Waals surface area contributed by atoms with Crippen LogP contribution in [0.1, 0.15) is 30.5 Å². The highest BCUT2D eigenvalue weighted by atomic mass is 19.1. The van der Waals surface area contributed by atoms with Crippen LogP contribution in [0.2, 0.25) is 0 Å². The Morgan fingerprint density at radius 3 is 1.67 bits per heavy atom. The number of hydrogen-bond donors (Lipinski definition) is 0. The third-order valence-electron chi connectivity index (χ3n) is 4.22. The molecule has 124 valence electrons. The van der Waals surface area contributed by atoms with Gasteiger partial charge in [0.25, 0.3) is 0 Å². The summed E-state index contributed by atoms with van der Waals surface area (Å²) in [4.78, 5) is 0. The van der Waals surface area contributed by atoms with Gasteiger partial charge in [-0.3, -0.25) is 0 Å². The van der Waals surface area contributed by atoms with E-state index in [9.17, 15) is 4.39 Å². The van der Waals surface area contributed by atoms with Gasteiger partial charge in [-0.05, 0) is 71.8 Å². The van der Waals surface area contributed by atoms with Crippen molar-refractivity contribution >= 4 is 0 Å². The van der Waals surface area contributed by atoms with Crippen molar-refractivity contribution in [2.24, 2.45) is 0 Å². The van der Waals surface area contributed by atoms with E-state index in [4.69, 9.17) is 0 Å². The van der Waals surface area contributed by atoms with E-state index in [-0.39, 0.29) is 5.82 Å². The van der Waals surface area contributed by atoms with Crippen LogP contribution in [0.5, 0.6) is 0 Å². The normalized spacial score (nSPS) is 10.1. The van der Waals surface area contributed by atoms with Gasteiger partial charge in [-0.2, -0.15) is 0 Å². The molecule has 0 radical (unpaired) electrons. The van der Waals surface area contributed by atoms with Crippen molar-refractivity contribution in [1.29, 1.82) is 0 Å². The van der Waals surface area contributed by atoms with Crippen molar-refractivity contribution in [3.8, 4) is 22.3 Å². The van der Waals surface area contributed by atoms with Crippen molar-refractivity contribution in [3.05, 3.63) is 83.2 Å². The van der Waals surface area contributed by atoms with E-state index in [0.717, 1.165) is 11.1 Å². The van der Waals surface area contributed by atoms with Gasteiger partial charge < -0.3 is 0 Å². The first-order valence-electron chi connectivity index (χ1n) is 8.49. The molecular weight excluding hydrogens is 295 g/mol. The summed E-state index contributed by atoms with van der Waals surface area (Å²) in [6, 6.07) is 19.6. The molecule has 0 spiro atoms. The number of halogens is 1. The molecule has 24 heavy (non-hydrogen) atoms. The van der Waals surface area contributed by atoms with Gasteiger partial charge in [0.2, 0.25) is 0 Å². The van der Waals surface area contributed by atoms with Crippen molar-refractivity contribution in [2.45, 2.75) is 34.6 Å². The Kier molecular flexibility index (Phi) is 5.92. The van der Waals surface area contributed by atoms with Crippen molar-refractivity contribution < 1.29 is 4.39 Å². The molecule has 0 amide bonds. The van der Waals surface area contributed by atoms with Gasteiger partial charge in [0.1, 0.15) is 5.82 Å². The molecule has 0 fully saturated rings. The monoisotopic (exact) mass is 320 g/mol. The zero-order valence-corrected chi connectivity index (χ0v) is 15.2. The molecule has 0 heterocycles. The fourth-order valence-corrected chi connectivity index (χ4v) is 2.72. The van der Waals surface area contributed by atoms with E-state index >= 15 is 0 Å². The van der Waals surface area contributed by atoms with Crippen molar-refractivity contribution in [3.63, 3.8) is 0 Å². The average molecular weight is 320 g/mol. The Morgan fingerprint density at radius 1 is 0.542 bits per heavy atom. The molecule has 0 aromatic heterocycles. The topological polar surface area (TPSA) is 0 Å². The third kappa shape index (κ3) is 3.91. The van der Waals surface area contributed by atoms with Gasteiger partial charge >= 0.3 is 0 Å². The quantitative estimate of drug-likeness (QED) is 0.472. The largest absolute Gasteiger partial charge is 0.207 e. The SMILES string of the molecule is CC.Cc1ccc(-c2ccc(-c3ccc(F)cc3)cc2C)cc1C. The number of rotatable bonds is 2. The molecule has 0 nitrogen and oxygen atoms in total. The Labute approximate surface area is 145 Å². The van der Waals surface area contributed by atoms with Crippen LogP contribution in [0, 0.1) is 26.6 Å². The van der Waals surface area contributed by atoms with Crippen molar-refractivity contribution in [2.75, 3.05) is 0 Å². The van der Waals surface area contributed by atoms with Gasteiger partial charge in [0.15, 0.2) is 0 Å². The predicted octanol–water partition coefficient (Wildman–Crippen LogP) is 7.11. The molecule has 0 unspecified atom stereocenters. The maximum absolute atomic E-state index is 13.0. The van der Waals surface area contributed by atoms with E-state index in [0.29, 0.717) is 0 Å². The summed E-state index contributed by atoms with van der Waals surface area (Å²) in [5.41, 5.74) is 8.48. The summed E-state index contributed by atoms with van der Waals surface area (Å²) >= 11 is 0. The minimum atomic E-state index is -0.202. The zero-order chi connectivity index (χ0) is 17.7. The van der Waals surface area contributed by atoms with Crippen LogP contribution in [0.3, 0.4) is 0 Å². The summed E-state index contributed by atoms with van der Waals surface area (Å²) in [7, 11) is 0. The summed E-state index contributed by atoms with van der Waals surface area (Å²) in [5, 5.41) is 0. The van der Waals surface area contributed by atoms with Crippen molar-refractivity contribution in [1.82, 2.24) is 0 Å². The molecule has 0 saturated heterocycles. The molecular formula is C23H25F. The Hall–Kier alpha value is -2.41. The first kappa shape index (κ1) is 17.9. The van der Waals surface area contributed by atoms with Gasteiger partial charge in [-0.25, -0.2) is 4.39 Å². The van der Waals surface area contributed by atoms with Crippen LogP contribution in [0.25, 0.3) is 22.3 Å². The second-order valence-corrected chi connectivity index (χ2v) is 5.84. The summed E-state index contributed by atoms with van der Waals surface area (Å²) < 4.78 is 13.0. The first-order chi connectivity index (χ1) is 11.5. The van der Waals surface area contributed by atoms with E-state index in [1.54, 1.807) is 0 Å². The summed E-state index contributed by atoms with van der Waals surface area (Å²) in [6.45, 7) is 10.4. The second-order valence-electron chi connectivity index (χ2n) is 5.84. The minimum absolute atomic E-state index is 0.202. The second kappa shape index (κ2) is 7.92. The molecule has 1 heteroatoms. The predicted molar refractivity (Wildman–Crippen MR) is 103 cm³/mol. The fraction of sp³-hybridized carbons (Fsp3) is 0.217. The smallest absolute Gasteiger partial charge is 0.123 e. The van der Waals surface area contributed by atoms with Crippen LogP contribution in [0.4, 0.5) is 4.39 Å². The standard InChI is InChI=1S/C21H19F.C2H6/c1-14-4-5-19(12-15(14)2)21-11-8-18(13-16(21)3)17-6-9-20(22)10-7-17;1-2/h4-13H,1-3H3;1-2H3. The molecule has 0 saturated carbocycles. The molecule has 0 aliphatic rings. The lowest BCUT2D eigenvalue weighted by atomic mass is 9.94. The number of hydrogen-bond acceptors (Lipinski definition) is 0. The minimum Gasteiger partial charge on any atom is -0.207 e. The van der Waals surface area contributed by atoms with Crippen LogP contribution < -0.4 is 0 Å². The van der Waals surface area contributed by atoms with E-state index < -0.39 is 0 Å². The number of benzene rings is 3. The van der Waals surface area contributed by atoms with Crippen LogP contribution in [-0.4, -0.2) is 0 Å². The third-order valence-corrected chi connectivity index (χ3v) is 4.22. The van der Waals surface area contributed by atoms with Crippen LogP contribution >= 0.6 is 0 Å². The van der Waals surface area contributed by atoms with Crippen LogP contribution in [-0.2, 0) is 0 Å². The molecule has 0 aliphatic heterocycles. The van der Waals surface area contributed by atoms with Gasteiger partial charge in [0, 0.05) is 0 Å². The maximum Gasteiger partial charge on any atom is 0.123 e. The Morgan fingerprint density at radius 2 is 1.08 bits per heavy atom. The zero-order valence-electron chi connectivity index (χ0n) is 15.2. The molecule has 0 aliphatic carbocycles. The van der Waals surface area contributed by atoms with Gasteiger partial charge in [-0.15, -0.1) is 0 Å². The fourth-order valence-electron chi connectivity index (χ4n) is 2.72. The lowest BCUT2D eigenvalue weighted by molar-refractivity contribution is 0.628. The highest BCUT2D eigenvalue weighted by Gasteiger charge is 2.06. The van der Waals surface area contributed by atoms with E-state index in [1.807, 2.05) is 26.0 Å². The molecule has 3 aromatic carbocycles. The molecule has 3 aromatic rings. The molecule has 0 bridgehead atoms. The Balaban J connectivity index is 0.00000100. The maximum atomic E-state index is 13.0. The first-order valence-corrected chi connectivity index (χ1v) is 8.49. The molecule has 0 N–H and O–H groups in total. The van der Waals surface area contributed by atoms with Crippen LogP contribution in [0.15, 0.2) is 60.7 Å². The highest BCUT2D eigenvalue weighted by molar-refractivity contribution is 5.74. The number of aryl methyl sites for hydroxylation is 3. The van der Waals surface area contributed by atoms with E-state index in [1.165, 1.54) is 39.9 Å².